The maximum absolute atomic E-state index is 5.66. The van der Waals surface area contributed by atoms with E-state index in [1.807, 2.05) is 36.0 Å². The van der Waals surface area contributed by atoms with Crippen molar-refractivity contribution in [2.24, 2.45) is 12.9 Å². The molecule has 0 aliphatic rings. The number of nitrogens with zero attached hydrogens (tertiary/aromatic N) is 2. The number of benzene rings is 1. The van der Waals surface area contributed by atoms with Gasteiger partial charge in [0.25, 0.3) is 0 Å². The molecule has 0 saturated carbocycles. The van der Waals surface area contributed by atoms with Crippen molar-refractivity contribution in [3.05, 3.63) is 46.5 Å². The third kappa shape index (κ3) is 2.40. The van der Waals surface area contributed by atoms with Crippen molar-refractivity contribution in [1.29, 1.82) is 0 Å². The zero-order chi connectivity index (χ0) is 13.1. The molecule has 96 valence electrons. The highest BCUT2D eigenvalue weighted by Crippen LogP contribution is 2.30. The van der Waals surface area contributed by atoms with Crippen LogP contribution < -0.4 is 16.0 Å². The zero-order valence-corrected chi connectivity index (χ0v) is 11.8. The van der Waals surface area contributed by atoms with Crippen LogP contribution in [0.3, 0.4) is 0 Å². The van der Waals surface area contributed by atoms with Crippen molar-refractivity contribution in [2.75, 3.05) is 7.11 Å². The lowest BCUT2D eigenvalue weighted by atomic mass is 10.1. The van der Waals surface area contributed by atoms with Crippen LogP contribution >= 0.6 is 15.9 Å². The first kappa shape index (κ1) is 13.1. The number of imidazole rings is 1. The predicted molar refractivity (Wildman–Crippen MR) is 73.1 cm³/mol. The van der Waals surface area contributed by atoms with E-state index in [4.69, 9.17) is 10.6 Å². The Morgan fingerprint density at radius 2 is 2.28 bits per heavy atom. The number of halogens is 1. The summed E-state index contributed by atoms with van der Waals surface area (Å²) in [7, 11) is 3.57. The Kier molecular flexibility index (Phi) is 4.00. The Morgan fingerprint density at radius 3 is 2.83 bits per heavy atom. The van der Waals surface area contributed by atoms with Gasteiger partial charge in [0.1, 0.15) is 17.6 Å². The van der Waals surface area contributed by atoms with Crippen molar-refractivity contribution >= 4 is 15.9 Å². The van der Waals surface area contributed by atoms with Crippen LogP contribution in [0.25, 0.3) is 0 Å². The quantitative estimate of drug-likeness (QED) is 0.667. The van der Waals surface area contributed by atoms with Gasteiger partial charge in [-0.2, -0.15) is 0 Å². The fourth-order valence-corrected chi connectivity index (χ4v) is 2.30. The molecule has 5 nitrogen and oxygen atoms in total. The first-order valence-electron chi connectivity index (χ1n) is 5.44. The minimum Gasteiger partial charge on any atom is -0.497 e. The standard InChI is InChI=1S/C12H15BrN4O/c1-17-6-5-15-12(17)11(16-14)9-7-8(18-2)3-4-10(9)13/h3-7,11,16H,14H2,1-2H3. The van der Waals surface area contributed by atoms with E-state index in [2.05, 4.69) is 26.3 Å². The molecule has 1 aromatic carbocycles. The number of rotatable bonds is 4. The lowest BCUT2D eigenvalue weighted by Gasteiger charge is -2.18. The number of nitrogens with one attached hydrogen (secondary N) is 1. The largest absolute Gasteiger partial charge is 0.497 e. The average molecular weight is 311 g/mol. The molecule has 0 bridgehead atoms. The third-order valence-corrected chi connectivity index (χ3v) is 3.52. The monoisotopic (exact) mass is 310 g/mol. The molecule has 6 heteroatoms. The molecule has 1 unspecified atom stereocenters. The second-order valence-corrected chi connectivity index (χ2v) is 4.74. The number of nitrogens with two attached hydrogens (primary N) is 1. The smallest absolute Gasteiger partial charge is 0.131 e. The van der Waals surface area contributed by atoms with Crippen molar-refractivity contribution < 1.29 is 4.74 Å². The molecule has 0 aliphatic heterocycles. The van der Waals surface area contributed by atoms with Crippen molar-refractivity contribution in [2.45, 2.75) is 6.04 Å². The molecule has 1 heterocycles. The third-order valence-electron chi connectivity index (χ3n) is 2.80. The SMILES string of the molecule is COc1ccc(Br)c(C(NN)c2nccn2C)c1. The van der Waals surface area contributed by atoms with Crippen LogP contribution in [0.1, 0.15) is 17.4 Å². The van der Waals surface area contributed by atoms with Gasteiger partial charge in [-0.1, -0.05) is 15.9 Å². The number of aryl methyl sites for hydroxylation is 1. The van der Waals surface area contributed by atoms with Crippen molar-refractivity contribution in [1.82, 2.24) is 15.0 Å². The fraction of sp³-hybridized carbons (Fsp3) is 0.250. The van der Waals surface area contributed by atoms with Gasteiger partial charge in [0.2, 0.25) is 0 Å². The molecule has 0 fully saturated rings. The summed E-state index contributed by atoms with van der Waals surface area (Å²) < 4.78 is 8.12. The molecular formula is C12H15BrN4O. The minimum atomic E-state index is -0.200. The van der Waals surface area contributed by atoms with Crippen LogP contribution in [0.4, 0.5) is 0 Å². The van der Waals surface area contributed by atoms with E-state index in [9.17, 15) is 0 Å². The lowest BCUT2D eigenvalue weighted by molar-refractivity contribution is 0.413. The maximum atomic E-state index is 5.66. The molecule has 1 atom stereocenters. The normalized spacial score (nSPS) is 12.4. The first-order chi connectivity index (χ1) is 8.67. The Labute approximate surface area is 114 Å². The van der Waals surface area contributed by atoms with Crippen LogP contribution in [0.15, 0.2) is 35.1 Å². The summed E-state index contributed by atoms with van der Waals surface area (Å²) in [6, 6.07) is 5.55. The van der Waals surface area contributed by atoms with Gasteiger partial charge in [-0.15, -0.1) is 0 Å². The van der Waals surface area contributed by atoms with Crippen LogP contribution in [-0.2, 0) is 7.05 Å². The second kappa shape index (κ2) is 5.51. The van der Waals surface area contributed by atoms with Crippen molar-refractivity contribution in [3.63, 3.8) is 0 Å². The van der Waals surface area contributed by atoms with Gasteiger partial charge in [0.05, 0.1) is 7.11 Å². The van der Waals surface area contributed by atoms with Gasteiger partial charge in [0, 0.05) is 23.9 Å². The van der Waals surface area contributed by atoms with Gasteiger partial charge in [-0.05, 0) is 23.8 Å². The summed E-state index contributed by atoms with van der Waals surface area (Å²) in [5.74, 6) is 7.28. The van der Waals surface area contributed by atoms with Gasteiger partial charge < -0.3 is 9.30 Å². The summed E-state index contributed by atoms with van der Waals surface area (Å²) >= 11 is 3.52. The summed E-state index contributed by atoms with van der Waals surface area (Å²) in [5.41, 5.74) is 3.76. The van der Waals surface area contributed by atoms with E-state index in [0.29, 0.717) is 0 Å². The van der Waals surface area contributed by atoms with Gasteiger partial charge >= 0.3 is 0 Å². The van der Waals surface area contributed by atoms with E-state index in [1.54, 1.807) is 13.3 Å². The molecule has 0 saturated heterocycles. The first-order valence-corrected chi connectivity index (χ1v) is 6.23. The van der Waals surface area contributed by atoms with E-state index < -0.39 is 0 Å². The Morgan fingerprint density at radius 1 is 1.50 bits per heavy atom. The van der Waals surface area contributed by atoms with E-state index in [0.717, 1.165) is 21.6 Å². The molecule has 1 aromatic heterocycles. The zero-order valence-electron chi connectivity index (χ0n) is 10.2. The van der Waals surface area contributed by atoms with Crippen molar-refractivity contribution in [3.8, 4) is 5.75 Å². The number of methoxy groups -OCH3 is 1. The van der Waals surface area contributed by atoms with Crippen LogP contribution in [-0.4, -0.2) is 16.7 Å². The number of hydrogen-bond donors (Lipinski definition) is 2. The summed E-state index contributed by atoms with van der Waals surface area (Å²) in [6.07, 6.45) is 3.63. The topological polar surface area (TPSA) is 65.1 Å². The summed E-state index contributed by atoms with van der Waals surface area (Å²) in [4.78, 5) is 4.32. The number of hydrazine groups is 1. The molecule has 0 radical (unpaired) electrons. The number of ether oxygens (including phenoxy) is 1. The highest BCUT2D eigenvalue weighted by atomic mass is 79.9. The predicted octanol–water partition coefficient (Wildman–Crippen LogP) is 1.74. The van der Waals surface area contributed by atoms with Crippen LogP contribution in [0.5, 0.6) is 5.75 Å². The molecule has 2 rings (SSSR count). The minimum absolute atomic E-state index is 0.200. The molecule has 0 spiro atoms. The Bertz CT molecular complexity index is 541. The van der Waals surface area contributed by atoms with E-state index in [-0.39, 0.29) is 6.04 Å². The second-order valence-electron chi connectivity index (χ2n) is 3.88. The fourth-order valence-electron chi connectivity index (χ4n) is 1.83. The summed E-state index contributed by atoms with van der Waals surface area (Å²) in [5, 5.41) is 0. The van der Waals surface area contributed by atoms with Gasteiger partial charge in [-0.25, -0.2) is 10.4 Å². The van der Waals surface area contributed by atoms with E-state index >= 15 is 0 Å². The van der Waals surface area contributed by atoms with Crippen LogP contribution in [0.2, 0.25) is 0 Å². The van der Waals surface area contributed by atoms with E-state index in [1.165, 1.54) is 0 Å². The highest BCUT2D eigenvalue weighted by molar-refractivity contribution is 9.10. The summed E-state index contributed by atoms with van der Waals surface area (Å²) in [6.45, 7) is 0. The number of aromatic nitrogens is 2. The average Bonchev–Trinajstić information content (AvgIpc) is 2.79. The molecule has 2 aromatic rings. The molecule has 0 amide bonds. The Balaban J connectivity index is 2.48. The lowest BCUT2D eigenvalue weighted by Crippen LogP contribution is -2.31. The Hall–Kier alpha value is -1.37. The highest BCUT2D eigenvalue weighted by Gasteiger charge is 2.19. The van der Waals surface area contributed by atoms with Gasteiger partial charge in [0.15, 0.2) is 0 Å². The molecule has 18 heavy (non-hydrogen) atoms. The number of hydrogen-bond acceptors (Lipinski definition) is 4. The van der Waals surface area contributed by atoms with Gasteiger partial charge in [-0.3, -0.25) is 5.84 Å². The molecule has 0 aliphatic carbocycles. The molecular weight excluding hydrogens is 296 g/mol. The molecule has 3 N–H and O–H groups in total. The maximum Gasteiger partial charge on any atom is 0.131 e. The van der Waals surface area contributed by atoms with Crippen LogP contribution in [0, 0.1) is 0 Å².